The summed E-state index contributed by atoms with van der Waals surface area (Å²) in [5.74, 6) is 2.97. The first kappa shape index (κ1) is 41.2. The van der Waals surface area contributed by atoms with Crippen LogP contribution in [-0.4, -0.2) is 60.3 Å². The van der Waals surface area contributed by atoms with Gasteiger partial charge in [-0.15, -0.1) is 0 Å². The molecule has 8 bridgehead atoms. The van der Waals surface area contributed by atoms with Gasteiger partial charge in [-0.2, -0.15) is 0 Å². The van der Waals surface area contributed by atoms with E-state index in [4.69, 9.17) is 28.9 Å². The predicted octanol–water partition coefficient (Wildman–Crippen LogP) is 10.3. The molecule has 6 aromatic rings. The number of fused-ring (bicyclic) bond motifs is 8. The summed E-state index contributed by atoms with van der Waals surface area (Å²) in [6.07, 6.45) is 6.04. The van der Waals surface area contributed by atoms with Crippen molar-refractivity contribution in [3.8, 4) is 46.0 Å². The van der Waals surface area contributed by atoms with E-state index in [-0.39, 0.29) is 23.0 Å². The summed E-state index contributed by atoms with van der Waals surface area (Å²) >= 11 is 0. The maximum Gasteiger partial charge on any atom is 0.126 e. The molecule has 60 heavy (non-hydrogen) atoms. The summed E-state index contributed by atoms with van der Waals surface area (Å²) in [5, 5.41) is 45.4. The van der Waals surface area contributed by atoms with E-state index in [1.165, 1.54) is 0 Å². The third-order valence-electron chi connectivity index (χ3n) is 10.5. The number of methoxy groups -OCH3 is 2. The van der Waals surface area contributed by atoms with E-state index in [2.05, 4.69) is 0 Å². The van der Waals surface area contributed by atoms with Gasteiger partial charge < -0.3 is 39.4 Å². The first-order chi connectivity index (χ1) is 29.2. The summed E-state index contributed by atoms with van der Waals surface area (Å²) < 4.78 is 23.8. The van der Waals surface area contributed by atoms with Crippen LogP contribution < -0.4 is 18.9 Å². The van der Waals surface area contributed by atoms with Crippen LogP contribution in [0.1, 0.15) is 82.3 Å². The minimum Gasteiger partial charge on any atom is -0.507 e. The average Bonchev–Trinajstić information content (AvgIpc) is 3.25. The summed E-state index contributed by atoms with van der Waals surface area (Å²) in [6, 6.07) is 29.3. The molecule has 6 aromatic carbocycles. The minimum absolute atomic E-state index is 0.0650. The third kappa shape index (κ3) is 9.34. The summed E-state index contributed by atoms with van der Waals surface area (Å²) in [6.45, 7) is 5.04. The molecule has 1 aliphatic rings. The summed E-state index contributed by atoms with van der Waals surface area (Å²) in [7, 11) is 3.14. The van der Waals surface area contributed by atoms with Gasteiger partial charge in [0.2, 0.25) is 0 Å². The van der Waals surface area contributed by atoms with Crippen LogP contribution in [0, 0.1) is 0 Å². The van der Waals surface area contributed by atoms with Crippen LogP contribution in [0.15, 0.2) is 107 Å². The fourth-order valence-electron chi connectivity index (χ4n) is 7.42. The smallest absolute Gasteiger partial charge is 0.126 e. The van der Waals surface area contributed by atoms with E-state index in [1.54, 1.807) is 63.0 Å². The Bertz CT molecular complexity index is 2290. The van der Waals surface area contributed by atoms with Crippen molar-refractivity contribution in [2.45, 2.75) is 52.4 Å². The van der Waals surface area contributed by atoms with Crippen molar-refractivity contribution in [1.29, 1.82) is 0 Å². The van der Waals surface area contributed by atoms with Crippen molar-refractivity contribution in [1.82, 2.24) is 0 Å². The van der Waals surface area contributed by atoms with Gasteiger partial charge in [-0.3, -0.25) is 9.98 Å². The van der Waals surface area contributed by atoms with E-state index in [9.17, 15) is 20.4 Å². The highest BCUT2D eigenvalue weighted by molar-refractivity contribution is 5.87. The Morgan fingerprint density at radius 3 is 1.15 bits per heavy atom. The molecule has 0 unspecified atom stereocenters. The van der Waals surface area contributed by atoms with Crippen LogP contribution in [0.3, 0.4) is 0 Å². The molecule has 0 heterocycles. The van der Waals surface area contributed by atoms with Crippen LogP contribution in [0.2, 0.25) is 0 Å². The van der Waals surface area contributed by atoms with Gasteiger partial charge in [-0.1, -0.05) is 50.2 Å². The highest BCUT2D eigenvalue weighted by Crippen LogP contribution is 2.41. The van der Waals surface area contributed by atoms with Gasteiger partial charge in [0.05, 0.1) is 38.8 Å². The zero-order valence-electron chi connectivity index (χ0n) is 34.4. The van der Waals surface area contributed by atoms with Crippen molar-refractivity contribution in [3.63, 3.8) is 0 Å². The monoisotopic (exact) mass is 806 g/mol. The largest absolute Gasteiger partial charge is 0.507 e. The molecule has 7 rings (SSSR count). The quantitative estimate of drug-likeness (QED) is 0.0894. The van der Waals surface area contributed by atoms with Crippen molar-refractivity contribution in [3.05, 3.63) is 153 Å². The number of benzene rings is 6. The second-order valence-corrected chi connectivity index (χ2v) is 14.8. The van der Waals surface area contributed by atoms with Gasteiger partial charge in [0.1, 0.15) is 46.0 Å². The van der Waals surface area contributed by atoms with Crippen molar-refractivity contribution < 1.29 is 39.4 Å². The van der Waals surface area contributed by atoms with Crippen molar-refractivity contribution >= 4 is 23.8 Å². The van der Waals surface area contributed by atoms with Crippen LogP contribution in [0.5, 0.6) is 46.0 Å². The Morgan fingerprint density at radius 2 is 0.833 bits per heavy atom. The van der Waals surface area contributed by atoms with Gasteiger partial charge in [-0.05, 0) is 95.8 Å². The number of aliphatic imine (C=N–C) groups is 2. The molecule has 4 N–H and O–H groups in total. The molecule has 0 atom stereocenters. The number of ether oxygens (including phenoxy) is 4. The van der Waals surface area contributed by atoms with Gasteiger partial charge >= 0.3 is 0 Å². The molecule has 0 aliphatic heterocycles. The molecule has 0 fully saturated rings. The zero-order chi connectivity index (χ0) is 42.2. The van der Waals surface area contributed by atoms with Crippen molar-refractivity contribution in [2.75, 3.05) is 27.4 Å². The van der Waals surface area contributed by atoms with Crippen LogP contribution in [0.4, 0.5) is 11.4 Å². The number of aromatic hydroxyl groups is 4. The molecular weight excluding hydrogens is 757 g/mol. The second kappa shape index (κ2) is 18.8. The Labute approximate surface area is 350 Å². The number of phenolic OH excluding ortho intramolecular Hbond substituents is 4. The molecule has 0 saturated carbocycles. The molecule has 0 amide bonds. The number of hydrogen-bond acceptors (Lipinski definition) is 10. The standard InChI is InChI=1S/C50H50N2O8/c1-5-17-59-49-31-9-7-10-32(49)20-36-24-42(52-30-40-28-44(58-4)14-16-46(40)54)26-38(48(36)56)22-34-12-8-11-33(50(34)60-18-6-2)21-37-25-41(23-35(19-31)47(37)55)51-29-39-27-43(57-3)13-15-45(39)53/h7-16,23-30,53-56H,5-6,17-22H2,1-4H3. The Morgan fingerprint density at radius 1 is 0.483 bits per heavy atom. The summed E-state index contributed by atoms with van der Waals surface area (Å²) in [4.78, 5) is 9.60. The third-order valence-corrected chi connectivity index (χ3v) is 10.5. The number of phenols is 4. The van der Waals surface area contributed by atoms with Gasteiger partial charge in [0.15, 0.2) is 0 Å². The van der Waals surface area contributed by atoms with E-state index < -0.39 is 0 Å². The maximum atomic E-state index is 12.1. The van der Waals surface area contributed by atoms with Gasteiger partial charge in [0.25, 0.3) is 0 Å². The SMILES string of the molecule is CCCOc1c2cccc1Cc1cc(N=Cc3cc(OC)ccc3O)cc(c1O)Cc1cccc(c1OCCC)Cc1cc(N=Cc3cc(OC)ccc3O)cc(c1O)C2. The first-order valence-corrected chi connectivity index (χ1v) is 20.2. The molecule has 0 aromatic heterocycles. The fourth-order valence-corrected chi connectivity index (χ4v) is 7.42. The molecule has 308 valence electrons. The lowest BCUT2D eigenvalue weighted by atomic mass is 9.91. The predicted molar refractivity (Wildman–Crippen MR) is 236 cm³/mol. The van der Waals surface area contributed by atoms with Crippen LogP contribution in [0.25, 0.3) is 0 Å². The Hall–Kier alpha value is -6.94. The lowest BCUT2D eigenvalue weighted by molar-refractivity contribution is 0.311. The number of hydrogen-bond donors (Lipinski definition) is 4. The van der Waals surface area contributed by atoms with E-state index in [0.29, 0.717) is 107 Å². The van der Waals surface area contributed by atoms with Gasteiger partial charge in [0, 0.05) is 71.5 Å². The van der Waals surface area contributed by atoms with Gasteiger partial charge in [-0.25, -0.2) is 0 Å². The van der Waals surface area contributed by atoms with Crippen molar-refractivity contribution in [2.24, 2.45) is 9.98 Å². The first-order valence-electron chi connectivity index (χ1n) is 20.2. The summed E-state index contributed by atoms with van der Waals surface area (Å²) in [5.41, 5.74) is 8.19. The molecule has 0 spiro atoms. The number of nitrogens with zero attached hydrogens (tertiary/aromatic N) is 2. The normalized spacial score (nSPS) is 12.5. The lowest BCUT2D eigenvalue weighted by Gasteiger charge is -2.21. The maximum absolute atomic E-state index is 12.1. The highest BCUT2D eigenvalue weighted by atomic mass is 16.5. The molecular formula is C50H50N2O8. The minimum atomic E-state index is 0.0650. The van der Waals surface area contributed by atoms with E-state index in [0.717, 1.165) is 35.1 Å². The molecule has 0 radical (unpaired) electrons. The highest BCUT2D eigenvalue weighted by Gasteiger charge is 2.22. The average molecular weight is 807 g/mol. The lowest BCUT2D eigenvalue weighted by Crippen LogP contribution is -2.07. The molecule has 10 nitrogen and oxygen atoms in total. The zero-order valence-corrected chi connectivity index (χ0v) is 34.4. The second-order valence-electron chi connectivity index (χ2n) is 14.8. The molecule has 0 saturated heterocycles. The van der Waals surface area contributed by atoms with E-state index >= 15 is 0 Å². The molecule has 1 aliphatic carbocycles. The fraction of sp³-hybridized carbons (Fsp3) is 0.240. The van der Waals surface area contributed by atoms with E-state index in [1.807, 2.05) is 74.5 Å². The Balaban J connectivity index is 1.41. The Kier molecular flexibility index (Phi) is 12.9. The van der Waals surface area contributed by atoms with Crippen LogP contribution >= 0.6 is 0 Å². The number of rotatable bonds is 12. The number of para-hydroxylation sites is 2. The van der Waals surface area contributed by atoms with Crippen LogP contribution in [-0.2, 0) is 25.7 Å². The molecule has 10 heteroatoms. The topological polar surface area (TPSA) is 143 Å².